The van der Waals surface area contributed by atoms with Crippen LogP contribution in [0.5, 0.6) is 11.5 Å². The van der Waals surface area contributed by atoms with Crippen LogP contribution in [-0.4, -0.2) is 4.98 Å². The predicted octanol–water partition coefficient (Wildman–Crippen LogP) is 3.92. The molecule has 3 aromatic rings. The summed E-state index contributed by atoms with van der Waals surface area (Å²) in [5, 5.41) is 1.00. The molecule has 19 heavy (non-hydrogen) atoms. The van der Waals surface area contributed by atoms with Crippen LogP contribution in [0.3, 0.4) is 0 Å². The van der Waals surface area contributed by atoms with Crippen LogP contribution in [0.1, 0.15) is 5.56 Å². The van der Waals surface area contributed by atoms with E-state index in [0.717, 1.165) is 28.0 Å². The Bertz CT molecular complexity index is 738. The molecule has 1 heterocycles. The number of nitrogen functional groups attached to an aromatic ring is 1. The van der Waals surface area contributed by atoms with Crippen molar-refractivity contribution in [2.75, 3.05) is 5.73 Å². The van der Waals surface area contributed by atoms with Gasteiger partial charge in [-0.05, 0) is 36.8 Å². The van der Waals surface area contributed by atoms with Crippen molar-refractivity contribution in [3.05, 3.63) is 60.3 Å². The summed E-state index contributed by atoms with van der Waals surface area (Å²) in [4.78, 5) is 4.40. The average molecular weight is 250 g/mol. The molecule has 0 atom stereocenters. The molecule has 0 aliphatic heterocycles. The number of anilines is 1. The Labute approximate surface area is 111 Å². The zero-order valence-electron chi connectivity index (χ0n) is 10.6. The third-order valence-corrected chi connectivity index (χ3v) is 3.02. The molecule has 0 radical (unpaired) electrons. The average Bonchev–Trinajstić information content (AvgIpc) is 2.40. The van der Waals surface area contributed by atoms with Gasteiger partial charge in [-0.1, -0.05) is 18.2 Å². The molecule has 3 rings (SSSR count). The normalized spacial score (nSPS) is 10.6. The standard InChI is InChI=1S/C16H14N2O/c1-11-4-2-7-14-15(8-9-18-16(11)14)19-13-6-3-5-12(17)10-13/h2-10H,17H2,1H3. The van der Waals surface area contributed by atoms with E-state index in [4.69, 9.17) is 10.5 Å². The monoisotopic (exact) mass is 250 g/mol. The van der Waals surface area contributed by atoms with Gasteiger partial charge < -0.3 is 10.5 Å². The van der Waals surface area contributed by atoms with Crippen LogP contribution in [0.4, 0.5) is 5.69 Å². The maximum Gasteiger partial charge on any atom is 0.138 e. The highest BCUT2D eigenvalue weighted by molar-refractivity contribution is 5.87. The minimum Gasteiger partial charge on any atom is -0.457 e. The Morgan fingerprint density at radius 1 is 1.05 bits per heavy atom. The third-order valence-electron chi connectivity index (χ3n) is 3.02. The van der Waals surface area contributed by atoms with Crippen molar-refractivity contribution in [2.24, 2.45) is 0 Å². The van der Waals surface area contributed by atoms with E-state index in [2.05, 4.69) is 4.98 Å². The lowest BCUT2D eigenvalue weighted by Crippen LogP contribution is -1.90. The van der Waals surface area contributed by atoms with Crippen molar-refractivity contribution < 1.29 is 4.74 Å². The summed E-state index contributed by atoms with van der Waals surface area (Å²) in [6.07, 6.45) is 1.76. The number of ether oxygens (including phenoxy) is 1. The molecule has 3 heteroatoms. The zero-order chi connectivity index (χ0) is 13.2. The fourth-order valence-corrected chi connectivity index (χ4v) is 2.09. The number of aryl methyl sites for hydroxylation is 1. The van der Waals surface area contributed by atoms with Crippen LogP contribution in [0.2, 0.25) is 0 Å². The van der Waals surface area contributed by atoms with Crippen LogP contribution < -0.4 is 10.5 Å². The van der Waals surface area contributed by atoms with Crippen molar-refractivity contribution in [1.29, 1.82) is 0 Å². The molecule has 2 N–H and O–H groups in total. The minimum atomic E-state index is 0.687. The largest absolute Gasteiger partial charge is 0.457 e. The lowest BCUT2D eigenvalue weighted by Gasteiger charge is -2.09. The Morgan fingerprint density at radius 2 is 1.89 bits per heavy atom. The molecule has 0 amide bonds. The number of pyridine rings is 1. The van der Waals surface area contributed by atoms with Gasteiger partial charge in [-0.2, -0.15) is 0 Å². The first-order valence-corrected chi connectivity index (χ1v) is 6.12. The first-order chi connectivity index (χ1) is 9.24. The summed E-state index contributed by atoms with van der Waals surface area (Å²) in [5.74, 6) is 1.52. The van der Waals surface area contributed by atoms with Crippen molar-refractivity contribution in [1.82, 2.24) is 4.98 Å². The quantitative estimate of drug-likeness (QED) is 0.701. The summed E-state index contributed by atoms with van der Waals surface area (Å²) in [7, 11) is 0. The maximum atomic E-state index is 5.91. The highest BCUT2D eigenvalue weighted by atomic mass is 16.5. The van der Waals surface area contributed by atoms with Crippen LogP contribution in [-0.2, 0) is 0 Å². The van der Waals surface area contributed by atoms with E-state index >= 15 is 0 Å². The molecule has 0 aliphatic rings. The van der Waals surface area contributed by atoms with Gasteiger partial charge in [0.25, 0.3) is 0 Å². The van der Waals surface area contributed by atoms with Crippen LogP contribution in [0.25, 0.3) is 10.9 Å². The fourth-order valence-electron chi connectivity index (χ4n) is 2.09. The Morgan fingerprint density at radius 3 is 2.74 bits per heavy atom. The van der Waals surface area contributed by atoms with E-state index in [0.29, 0.717) is 5.69 Å². The number of aromatic nitrogens is 1. The Hall–Kier alpha value is -2.55. The molecule has 2 aromatic carbocycles. The maximum absolute atomic E-state index is 5.91. The highest BCUT2D eigenvalue weighted by Gasteiger charge is 2.06. The molecule has 94 valence electrons. The molecule has 0 aliphatic carbocycles. The molecule has 0 fully saturated rings. The summed E-state index contributed by atoms with van der Waals surface area (Å²) >= 11 is 0. The number of nitrogens with two attached hydrogens (primary N) is 1. The van der Waals surface area contributed by atoms with Gasteiger partial charge in [0.15, 0.2) is 0 Å². The number of nitrogens with zero attached hydrogens (tertiary/aromatic N) is 1. The van der Waals surface area contributed by atoms with Gasteiger partial charge in [-0.25, -0.2) is 0 Å². The van der Waals surface area contributed by atoms with Gasteiger partial charge >= 0.3 is 0 Å². The number of fused-ring (bicyclic) bond motifs is 1. The predicted molar refractivity (Wildman–Crippen MR) is 77.4 cm³/mol. The van der Waals surface area contributed by atoms with Crippen LogP contribution in [0.15, 0.2) is 54.7 Å². The van der Waals surface area contributed by atoms with Gasteiger partial charge in [-0.3, -0.25) is 4.98 Å². The van der Waals surface area contributed by atoms with Crippen LogP contribution in [0, 0.1) is 6.92 Å². The Kier molecular flexibility index (Phi) is 2.80. The summed E-state index contributed by atoms with van der Waals surface area (Å²) in [6.45, 7) is 2.04. The SMILES string of the molecule is Cc1cccc2c(Oc3cccc(N)c3)ccnc12. The first-order valence-electron chi connectivity index (χ1n) is 6.12. The van der Waals surface area contributed by atoms with Crippen molar-refractivity contribution in [3.63, 3.8) is 0 Å². The molecule has 3 nitrogen and oxygen atoms in total. The second kappa shape index (κ2) is 4.61. The van der Waals surface area contributed by atoms with E-state index in [1.54, 1.807) is 6.20 Å². The zero-order valence-corrected chi connectivity index (χ0v) is 10.6. The summed E-state index contributed by atoms with van der Waals surface area (Å²) in [6, 6.07) is 15.3. The second-order valence-corrected chi connectivity index (χ2v) is 4.45. The second-order valence-electron chi connectivity index (χ2n) is 4.45. The molecule has 0 saturated carbocycles. The van der Waals surface area contributed by atoms with E-state index < -0.39 is 0 Å². The number of hydrogen-bond acceptors (Lipinski definition) is 3. The van der Waals surface area contributed by atoms with Gasteiger partial charge in [0.1, 0.15) is 11.5 Å². The first kappa shape index (κ1) is 11.5. The number of hydrogen-bond donors (Lipinski definition) is 1. The molecule has 0 saturated heterocycles. The lowest BCUT2D eigenvalue weighted by molar-refractivity contribution is 0.488. The Balaban J connectivity index is 2.08. The third kappa shape index (κ3) is 2.22. The number of benzene rings is 2. The van der Waals surface area contributed by atoms with Crippen molar-refractivity contribution >= 4 is 16.6 Å². The lowest BCUT2D eigenvalue weighted by atomic mass is 10.1. The van der Waals surface area contributed by atoms with E-state index in [-0.39, 0.29) is 0 Å². The van der Waals surface area contributed by atoms with Gasteiger partial charge in [0.2, 0.25) is 0 Å². The smallest absolute Gasteiger partial charge is 0.138 e. The van der Waals surface area contributed by atoms with Gasteiger partial charge in [0.05, 0.1) is 5.52 Å². The fraction of sp³-hybridized carbons (Fsp3) is 0.0625. The minimum absolute atomic E-state index is 0.687. The molecular weight excluding hydrogens is 236 g/mol. The topological polar surface area (TPSA) is 48.1 Å². The van der Waals surface area contributed by atoms with Crippen molar-refractivity contribution in [3.8, 4) is 11.5 Å². The molecule has 0 unspecified atom stereocenters. The summed E-state index contributed by atoms with van der Waals surface area (Å²) in [5.41, 5.74) is 8.54. The summed E-state index contributed by atoms with van der Waals surface area (Å²) < 4.78 is 5.91. The van der Waals surface area contributed by atoms with Gasteiger partial charge in [-0.15, -0.1) is 0 Å². The van der Waals surface area contributed by atoms with E-state index in [9.17, 15) is 0 Å². The molecular formula is C16H14N2O. The van der Waals surface area contributed by atoms with Crippen molar-refractivity contribution in [2.45, 2.75) is 6.92 Å². The number of para-hydroxylation sites is 1. The molecule has 0 spiro atoms. The van der Waals surface area contributed by atoms with E-state index in [1.165, 1.54) is 0 Å². The van der Waals surface area contributed by atoms with Gasteiger partial charge in [0, 0.05) is 23.3 Å². The number of rotatable bonds is 2. The molecule has 1 aromatic heterocycles. The molecule has 0 bridgehead atoms. The van der Waals surface area contributed by atoms with Crippen LogP contribution >= 0.6 is 0 Å². The van der Waals surface area contributed by atoms with E-state index in [1.807, 2.05) is 55.5 Å². The highest BCUT2D eigenvalue weighted by Crippen LogP contribution is 2.30.